The van der Waals surface area contributed by atoms with E-state index in [0.717, 1.165) is 24.7 Å². The fourth-order valence-corrected chi connectivity index (χ4v) is 3.78. The molecule has 30 heavy (non-hydrogen) atoms. The summed E-state index contributed by atoms with van der Waals surface area (Å²) in [6.45, 7) is 8.56. The highest BCUT2D eigenvalue weighted by molar-refractivity contribution is 6.61. The van der Waals surface area contributed by atoms with Gasteiger partial charge in [0, 0.05) is 44.0 Å². The average Bonchev–Trinajstić information content (AvgIpc) is 2.94. The molecule has 2 aliphatic rings. The van der Waals surface area contributed by atoms with Crippen LogP contribution in [0, 0.1) is 0 Å². The maximum Gasteiger partial charge on any atom is 0.498 e. The number of aliphatic hydroxyl groups excluding tert-OH is 2. The summed E-state index contributed by atoms with van der Waals surface area (Å²) in [6.07, 6.45) is 4.79. The zero-order valence-corrected chi connectivity index (χ0v) is 18.5. The van der Waals surface area contributed by atoms with Crippen molar-refractivity contribution in [2.24, 2.45) is 0 Å². The molecule has 1 aromatic rings. The summed E-state index contributed by atoms with van der Waals surface area (Å²) >= 11 is 0. The van der Waals surface area contributed by atoms with Crippen LogP contribution in [0.5, 0.6) is 0 Å². The van der Waals surface area contributed by atoms with Crippen LogP contribution in [-0.2, 0) is 14.1 Å². The Bertz CT molecular complexity index is 729. The number of amides is 1. The highest BCUT2D eigenvalue weighted by Gasteiger charge is 2.52. The van der Waals surface area contributed by atoms with Gasteiger partial charge in [-0.3, -0.25) is 4.79 Å². The van der Waals surface area contributed by atoms with Gasteiger partial charge in [0.15, 0.2) is 6.10 Å². The van der Waals surface area contributed by atoms with Gasteiger partial charge in [-0.2, -0.15) is 0 Å². The zero-order chi connectivity index (χ0) is 22.1. The molecule has 0 bridgehead atoms. The van der Waals surface area contributed by atoms with E-state index in [1.165, 1.54) is 0 Å². The maximum absolute atomic E-state index is 12.4. The van der Waals surface area contributed by atoms with Crippen LogP contribution in [0.1, 0.15) is 47.0 Å². The van der Waals surface area contributed by atoms with Gasteiger partial charge in [-0.1, -0.05) is 0 Å². The number of likely N-dealkylation sites (N-methyl/N-ethyl adjacent to an activating group) is 1. The second-order valence-electron chi connectivity index (χ2n) is 9.16. The summed E-state index contributed by atoms with van der Waals surface area (Å²) in [5, 5.41) is 18.9. The van der Waals surface area contributed by atoms with Gasteiger partial charge in [0.25, 0.3) is 5.91 Å². The Hall–Kier alpha value is -1.75. The molecular formula is C20H33BN4O5. The van der Waals surface area contributed by atoms with Gasteiger partial charge >= 0.3 is 7.12 Å². The predicted molar refractivity (Wildman–Crippen MR) is 113 cm³/mol. The molecule has 1 amide bonds. The van der Waals surface area contributed by atoms with E-state index in [4.69, 9.17) is 14.4 Å². The quantitative estimate of drug-likeness (QED) is 0.617. The molecule has 10 heteroatoms. The first-order valence-corrected chi connectivity index (χ1v) is 10.5. The van der Waals surface area contributed by atoms with Gasteiger partial charge in [-0.05, 0) is 47.0 Å². The summed E-state index contributed by atoms with van der Waals surface area (Å²) in [5.41, 5.74) is -0.0988. The Morgan fingerprint density at radius 1 is 1.27 bits per heavy atom. The van der Waals surface area contributed by atoms with Crippen LogP contribution < -0.4 is 10.4 Å². The lowest BCUT2D eigenvalue weighted by atomic mass is 9.81. The third kappa shape index (κ3) is 4.61. The molecule has 166 valence electrons. The second kappa shape index (κ2) is 8.78. The van der Waals surface area contributed by atoms with Crippen molar-refractivity contribution in [1.82, 2.24) is 14.9 Å². The molecule has 2 saturated heterocycles. The van der Waals surface area contributed by atoms with Gasteiger partial charge < -0.3 is 29.3 Å². The van der Waals surface area contributed by atoms with Gasteiger partial charge in [0.2, 0.25) is 5.95 Å². The number of hydrogen-bond donors (Lipinski definition) is 2. The van der Waals surface area contributed by atoms with Crippen molar-refractivity contribution in [1.29, 1.82) is 0 Å². The topological polar surface area (TPSA) is 108 Å². The SMILES string of the molecule is CN(CC1CCCCN1C(=O)C(O)CO)c1ncc(B2OC(C)(C)C(C)(C)O2)cn1. The molecule has 2 unspecified atom stereocenters. The number of aliphatic hydroxyl groups is 2. The zero-order valence-electron chi connectivity index (χ0n) is 18.5. The lowest BCUT2D eigenvalue weighted by Gasteiger charge is -2.38. The monoisotopic (exact) mass is 420 g/mol. The van der Waals surface area contributed by atoms with E-state index in [1.54, 1.807) is 17.3 Å². The van der Waals surface area contributed by atoms with E-state index in [-0.39, 0.29) is 6.04 Å². The molecule has 2 aliphatic heterocycles. The summed E-state index contributed by atoms with van der Waals surface area (Å²) in [5.74, 6) is 0.114. The Labute approximate surface area is 178 Å². The van der Waals surface area contributed by atoms with E-state index in [0.29, 0.717) is 19.0 Å². The molecule has 3 rings (SSSR count). The second-order valence-corrected chi connectivity index (χ2v) is 9.16. The molecule has 9 nitrogen and oxygen atoms in total. The van der Waals surface area contributed by atoms with Crippen molar-refractivity contribution in [3.63, 3.8) is 0 Å². The van der Waals surface area contributed by atoms with E-state index in [9.17, 15) is 9.90 Å². The molecule has 2 fully saturated rings. The molecule has 0 aliphatic carbocycles. The number of hydrogen-bond acceptors (Lipinski definition) is 8. The minimum atomic E-state index is -1.37. The van der Waals surface area contributed by atoms with E-state index < -0.39 is 36.9 Å². The number of nitrogens with zero attached hydrogens (tertiary/aromatic N) is 4. The molecule has 0 radical (unpaired) electrons. The fraction of sp³-hybridized carbons (Fsp3) is 0.750. The molecule has 3 heterocycles. The van der Waals surface area contributed by atoms with Crippen molar-refractivity contribution in [3.8, 4) is 0 Å². The fourth-order valence-electron chi connectivity index (χ4n) is 3.78. The average molecular weight is 420 g/mol. The third-order valence-corrected chi connectivity index (χ3v) is 6.38. The van der Waals surface area contributed by atoms with Crippen molar-refractivity contribution in [3.05, 3.63) is 12.4 Å². The molecule has 2 atom stereocenters. The molecule has 2 N–H and O–H groups in total. The summed E-state index contributed by atoms with van der Waals surface area (Å²) in [7, 11) is 1.37. The Morgan fingerprint density at radius 2 is 1.87 bits per heavy atom. The number of carbonyl (C=O) groups excluding carboxylic acids is 1. The number of rotatable bonds is 6. The normalized spacial score (nSPS) is 24.0. The van der Waals surface area contributed by atoms with E-state index >= 15 is 0 Å². The summed E-state index contributed by atoms with van der Waals surface area (Å²) in [4.78, 5) is 24.9. The van der Waals surface area contributed by atoms with Crippen molar-refractivity contribution < 1.29 is 24.3 Å². The predicted octanol–water partition coefficient (Wildman–Crippen LogP) is -0.0537. The van der Waals surface area contributed by atoms with Gasteiger partial charge in [-0.25, -0.2) is 9.97 Å². The summed E-state index contributed by atoms with van der Waals surface area (Å²) < 4.78 is 12.1. The first-order valence-electron chi connectivity index (χ1n) is 10.5. The highest BCUT2D eigenvalue weighted by atomic mass is 16.7. The first kappa shape index (κ1) is 22.9. The Morgan fingerprint density at radius 3 is 2.43 bits per heavy atom. The van der Waals surface area contributed by atoms with Crippen LogP contribution in [0.25, 0.3) is 0 Å². The standard InChI is InChI=1S/C20H33BN4O5/c1-19(2)20(3,4)30-21(29-19)14-10-22-18(23-11-14)24(5)12-15-8-6-7-9-25(15)17(28)16(27)13-26/h10-11,15-16,26-27H,6-9,12-13H2,1-5H3. The van der Waals surface area contributed by atoms with Gasteiger partial charge in [-0.15, -0.1) is 0 Å². The lowest BCUT2D eigenvalue weighted by molar-refractivity contribution is -0.145. The van der Waals surface area contributed by atoms with Gasteiger partial charge in [0.05, 0.1) is 17.8 Å². The molecule has 0 spiro atoms. The number of aromatic nitrogens is 2. The highest BCUT2D eigenvalue weighted by Crippen LogP contribution is 2.36. The smallest absolute Gasteiger partial charge is 0.399 e. The Kier molecular flexibility index (Phi) is 6.71. The van der Waals surface area contributed by atoms with E-state index in [2.05, 4.69) is 9.97 Å². The van der Waals surface area contributed by atoms with Crippen molar-refractivity contribution >= 4 is 24.4 Å². The largest absolute Gasteiger partial charge is 0.498 e. The van der Waals surface area contributed by atoms with Crippen LogP contribution in [0.3, 0.4) is 0 Å². The van der Waals surface area contributed by atoms with Crippen molar-refractivity contribution in [2.45, 2.75) is 70.3 Å². The van der Waals surface area contributed by atoms with E-state index in [1.807, 2.05) is 39.6 Å². The Balaban J connectivity index is 1.66. The van der Waals surface area contributed by atoms with Gasteiger partial charge in [0.1, 0.15) is 0 Å². The maximum atomic E-state index is 12.4. The van der Waals surface area contributed by atoms with Crippen LogP contribution in [0.4, 0.5) is 5.95 Å². The van der Waals surface area contributed by atoms with Crippen molar-refractivity contribution in [2.75, 3.05) is 31.6 Å². The van der Waals surface area contributed by atoms with Crippen LogP contribution in [0.2, 0.25) is 0 Å². The minimum absolute atomic E-state index is 0.0659. The molecular weight excluding hydrogens is 387 g/mol. The number of likely N-dealkylation sites (tertiary alicyclic amines) is 1. The van der Waals surface area contributed by atoms with Crippen LogP contribution in [0.15, 0.2) is 12.4 Å². The number of piperidine rings is 1. The lowest BCUT2D eigenvalue weighted by Crippen LogP contribution is -2.52. The molecule has 0 aromatic carbocycles. The first-order chi connectivity index (χ1) is 14.1. The minimum Gasteiger partial charge on any atom is -0.399 e. The molecule has 1 aromatic heterocycles. The third-order valence-electron chi connectivity index (χ3n) is 6.38. The van der Waals surface area contributed by atoms with Crippen LogP contribution in [-0.4, -0.2) is 88.2 Å². The number of carbonyl (C=O) groups is 1. The summed E-state index contributed by atoms with van der Waals surface area (Å²) in [6, 6.07) is -0.0659. The number of anilines is 1. The molecule has 0 saturated carbocycles. The van der Waals surface area contributed by atoms with Crippen LogP contribution >= 0.6 is 0 Å².